The first kappa shape index (κ1) is 17.6. The van der Waals surface area contributed by atoms with Gasteiger partial charge in [0.15, 0.2) is 0 Å². The van der Waals surface area contributed by atoms with E-state index in [9.17, 15) is 0 Å². The van der Waals surface area contributed by atoms with E-state index in [2.05, 4.69) is 35.2 Å². The summed E-state index contributed by atoms with van der Waals surface area (Å²) in [5, 5.41) is 3.45. The Bertz CT molecular complexity index is 224. The number of ether oxygens (including phenoxy) is 1. The van der Waals surface area contributed by atoms with Crippen LogP contribution < -0.4 is 5.32 Å². The van der Waals surface area contributed by atoms with Gasteiger partial charge in [-0.1, -0.05) is 0 Å². The summed E-state index contributed by atoms with van der Waals surface area (Å²) in [6.07, 6.45) is 2.73. The lowest BCUT2D eigenvalue weighted by molar-refractivity contribution is 0.0731. The van der Waals surface area contributed by atoms with Crippen LogP contribution in [0.25, 0.3) is 0 Å². The SMILES string of the molecule is C=C.CCOCCN1CCN(CC2CCNCC2)CC1. The highest BCUT2D eigenvalue weighted by atomic mass is 16.5. The molecule has 2 aliphatic rings. The predicted octanol–water partition coefficient (Wildman–Crippen LogP) is 1.44. The lowest BCUT2D eigenvalue weighted by Gasteiger charge is -2.37. The Hall–Kier alpha value is -0.420. The number of hydrogen-bond acceptors (Lipinski definition) is 4. The molecule has 118 valence electrons. The van der Waals surface area contributed by atoms with Crippen LogP contribution in [0.1, 0.15) is 19.8 Å². The fraction of sp³-hybridized carbons (Fsp3) is 0.875. The van der Waals surface area contributed by atoms with Crippen LogP contribution in [0.5, 0.6) is 0 Å². The molecule has 4 heteroatoms. The van der Waals surface area contributed by atoms with Crippen LogP contribution in [0.3, 0.4) is 0 Å². The minimum atomic E-state index is 0.843. The quantitative estimate of drug-likeness (QED) is 0.590. The lowest BCUT2D eigenvalue weighted by Crippen LogP contribution is -2.49. The molecule has 0 unspecified atom stereocenters. The molecular weight excluding hydrogens is 250 g/mol. The summed E-state index contributed by atoms with van der Waals surface area (Å²) in [5.74, 6) is 0.932. The van der Waals surface area contributed by atoms with Crippen molar-refractivity contribution in [1.82, 2.24) is 15.1 Å². The second-order valence-corrected chi connectivity index (χ2v) is 5.53. The summed E-state index contributed by atoms with van der Waals surface area (Å²) in [5.41, 5.74) is 0. The van der Waals surface area contributed by atoms with Gasteiger partial charge in [-0.25, -0.2) is 0 Å². The Morgan fingerprint density at radius 3 is 2.25 bits per heavy atom. The molecule has 0 radical (unpaired) electrons. The Morgan fingerprint density at radius 1 is 1.05 bits per heavy atom. The van der Waals surface area contributed by atoms with Gasteiger partial charge in [0.25, 0.3) is 0 Å². The Morgan fingerprint density at radius 2 is 1.65 bits per heavy atom. The molecule has 1 N–H and O–H groups in total. The first-order valence-electron chi connectivity index (χ1n) is 8.11. The van der Waals surface area contributed by atoms with Crippen molar-refractivity contribution in [3.63, 3.8) is 0 Å². The molecule has 0 amide bonds. The third-order valence-corrected chi connectivity index (χ3v) is 4.20. The standard InChI is InChI=1S/C14H29N3O.C2H4/c1-2-18-12-11-16-7-9-17(10-8-16)13-14-3-5-15-6-4-14;1-2/h14-15H,2-13H2,1H3;1-2H2. The van der Waals surface area contributed by atoms with Gasteiger partial charge in [-0.05, 0) is 38.8 Å². The maximum Gasteiger partial charge on any atom is 0.0593 e. The van der Waals surface area contributed by atoms with Gasteiger partial charge in [0.2, 0.25) is 0 Å². The fourth-order valence-electron chi connectivity index (χ4n) is 2.96. The zero-order valence-corrected chi connectivity index (χ0v) is 13.3. The van der Waals surface area contributed by atoms with Gasteiger partial charge in [0.05, 0.1) is 6.61 Å². The second kappa shape index (κ2) is 11.3. The zero-order valence-electron chi connectivity index (χ0n) is 13.3. The zero-order chi connectivity index (χ0) is 14.6. The molecule has 0 spiro atoms. The van der Waals surface area contributed by atoms with E-state index in [0.717, 1.165) is 25.7 Å². The van der Waals surface area contributed by atoms with E-state index < -0.39 is 0 Å². The van der Waals surface area contributed by atoms with Crippen molar-refractivity contribution < 1.29 is 4.74 Å². The minimum absolute atomic E-state index is 0.843. The minimum Gasteiger partial charge on any atom is -0.380 e. The number of nitrogens with one attached hydrogen (secondary N) is 1. The molecule has 0 aromatic rings. The number of rotatable bonds is 6. The van der Waals surface area contributed by atoms with E-state index in [-0.39, 0.29) is 0 Å². The highest BCUT2D eigenvalue weighted by Crippen LogP contribution is 2.14. The van der Waals surface area contributed by atoms with Crippen molar-refractivity contribution >= 4 is 0 Å². The molecule has 20 heavy (non-hydrogen) atoms. The van der Waals surface area contributed by atoms with Crippen LogP contribution in [0.4, 0.5) is 0 Å². The van der Waals surface area contributed by atoms with Crippen LogP contribution in [-0.2, 0) is 4.74 Å². The van der Waals surface area contributed by atoms with E-state index in [1.165, 1.54) is 58.7 Å². The van der Waals surface area contributed by atoms with E-state index in [0.29, 0.717) is 0 Å². The van der Waals surface area contributed by atoms with Crippen molar-refractivity contribution in [2.75, 3.05) is 65.6 Å². The van der Waals surface area contributed by atoms with Crippen LogP contribution in [-0.4, -0.2) is 75.4 Å². The summed E-state index contributed by atoms with van der Waals surface area (Å²) < 4.78 is 5.42. The number of hydrogen-bond donors (Lipinski definition) is 1. The average Bonchev–Trinajstić information content (AvgIpc) is 2.52. The fourth-order valence-corrected chi connectivity index (χ4v) is 2.96. The van der Waals surface area contributed by atoms with Crippen molar-refractivity contribution in [3.05, 3.63) is 13.2 Å². The number of piperidine rings is 1. The van der Waals surface area contributed by atoms with Crippen LogP contribution in [0.2, 0.25) is 0 Å². The maximum atomic E-state index is 5.42. The molecular formula is C16H33N3O. The molecule has 2 heterocycles. The predicted molar refractivity (Wildman–Crippen MR) is 86.2 cm³/mol. The van der Waals surface area contributed by atoms with Gasteiger partial charge < -0.3 is 15.0 Å². The van der Waals surface area contributed by atoms with Gasteiger partial charge in [0, 0.05) is 45.9 Å². The lowest BCUT2D eigenvalue weighted by atomic mass is 9.97. The monoisotopic (exact) mass is 283 g/mol. The normalized spacial score (nSPS) is 22.2. The Balaban J connectivity index is 0.000000956. The number of nitrogens with zero attached hydrogens (tertiary/aromatic N) is 2. The van der Waals surface area contributed by atoms with Crippen molar-refractivity contribution in [3.8, 4) is 0 Å². The maximum absolute atomic E-state index is 5.42. The van der Waals surface area contributed by atoms with E-state index in [1.54, 1.807) is 0 Å². The summed E-state index contributed by atoms with van der Waals surface area (Å²) in [6.45, 7) is 19.6. The molecule has 2 aliphatic heterocycles. The van der Waals surface area contributed by atoms with Gasteiger partial charge in [-0.3, -0.25) is 4.90 Å². The van der Waals surface area contributed by atoms with E-state index >= 15 is 0 Å². The topological polar surface area (TPSA) is 27.7 Å². The average molecular weight is 283 g/mol. The Labute approximate surface area is 125 Å². The number of piperazine rings is 1. The summed E-state index contributed by atoms with van der Waals surface area (Å²) in [6, 6.07) is 0. The van der Waals surface area contributed by atoms with Gasteiger partial charge in [-0.15, -0.1) is 13.2 Å². The Kier molecular flexibility index (Phi) is 9.93. The van der Waals surface area contributed by atoms with Crippen LogP contribution in [0, 0.1) is 5.92 Å². The molecule has 0 aliphatic carbocycles. The summed E-state index contributed by atoms with van der Waals surface area (Å²) >= 11 is 0. The molecule has 0 atom stereocenters. The first-order chi connectivity index (χ1) is 9.88. The molecule has 4 nitrogen and oxygen atoms in total. The third-order valence-electron chi connectivity index (χ3n) is 4.20. The smallest absolute Gasteiger partial charge is 0.0593 e. The van der Waals surface area contributed by atoms with Gasteiger partial charge in [0.1, 0.15) is 0 Å². The van der Waals surface area contributed by atoms with Crippen molar-refractivity contribution in [2.24, 2.45) is 5.92 Å². The van der Waals surface area contributed by atoms with Crippen LogP contribution >= 0.6 is 0 Å². The van der Waals surface area contributed by atoms with Crippen LogP contribution in [0.15, 0.2) is 13.2 Å². The molecule has 0 aromatic heterocycles. The van der Waals surface area contributed by atoms with Gasteiger partial charge in [-0.2, -0.15) is 0 Å². The summed E-state index contributed by atoms with van der Waals surface area (Å²) in [4.78, 5) is 5.20. The molecule has 2 saturated heterocycles. The largest absolute Gasteiger partial charge is 0.380 e. The molecule has 0 saturated carbocycles. The van der Waals surface area contributed by atoms with Crippen molar-refractivity contribution in [1.29, 1.82) is 0 Å². The molecule has 2 rings (SSSR count). The van der Waals surface area contributed by atoms with Crippen molar-refractivity contribution in [2.45, 2.75) is 19.8 Å². The second-order valence-electron chi connectivity index (χ2n) is 5.53. The molecule has 0 aromatic carbocycles. The highest BCUT2D eigenvalue weighted by Gasteiger charge is 2.20. The third kappa shape index (κ3) is 6.84. The highest BCUT2D eigenvalue weighted by molar-refractivity contribution is 4.77. The van der Waals surface area contributed by atoms with Gasteiger partial charge >= 0.3 is 0 Å². The molecule has 2 fully saturated rings. The first-order valence-corrected chi connectivity index (χ1v) is 8.11. The van der Waals surface area contributed by atoms with E-state index in [4.69, 9.17) is 4.74 Å². The summed E-state index contributed by atoms with van der Waals surface area (Å²) in [7, 11) is 0. The molecule has 0 bridgehead atoms. The van der Waals surface area contributed by atoms with E-state index in [1.807, 2.05) is 0 Å².